The molecule has 0 spiro atoms. The number of hydrogen-bond donors (Lipinski definition) is 2. The van der Waals surface area contributed by atoms with Crippen LogP contribution in [0.1, 0.15) is 45.9 Å². The standard InChI is InChI=1S/C26H35F2N4O9P/c1-16(2)39-22(33)17(3)31-42(36,41-18(4)23(34)37-14-19-9-7-6-8-10-19)38-15-20-13-26(27,28)24(40-20)32-12-11-21(29-5)30-25(32)35/h6-12,16-18,20,24H,13-15H2,1-5H3,(H,31,36)(H,29,30,35)/t17-,18-,20-,24+,42?/m0/s1. The highest BCUT2D eigenvalue weighted by Gasteiger charge is 2.52. The van der Waals surface area contributed by atoms with Gasteiger partial charge in [-0.25, -0.2) is 28.0 Å². The molecule has 0 saturated carbocycles. The first-order chi connectivity index (χ1) is 19.7. The molecule has 42 heavy (non-hydrogen) atoms. The van der Waals surface area contributed by atoms with Gasteiger partial charge in [-0.3, -0.25) is 18.4 Å². The molecule has 2 heterocycles. The number of aromatic nitrogens is 2. The molecule has 1 aliphatic rings. The molecule has 1 aromatic carbocycles. The van der Waals surface area contributed by atoms with E-state index in [9.17, 15) is 27.7 Å². The largest absolute Gasteiger partial charge is 0.462 e. The average molecular weight is 617 g/mol. The molecular formula is C26H35F2N4O9P. The number of halogens is 2. The number of ether oxygens (including phenoxy) is 3. The number of hydrogen-bond acceptors (Lipinski definition) is 11. The van der Waals surface area contributed by atoms with Crippen molar-refractivity contribution in [2.24, 2.45) is 0 Å². The number of nitrogens with zero attached hydrogens (tertiary/aromatic N) is 2. The fourth-order valence-electron chi connectivity index (χ4n) is 3.83. The van der Waals surface area contributed by atoms with Gasteiger partial charge in [0.05, 0.1) is 18.8 Å². The molecule has 5 atom stereocenters. The molecule has 1 fully saturated rings. The Morgan fingerprint density at radius 2 is 1.86 bits per heavy atom. The highest BCUT2D eigenvalue weighted by Crippen LogP contribution is 2.48. The van der Waals surface area contributed by atoms with Crippen molar-refractivity contribution in [2.45, 2.75) is 77.2 Å². The van der Waals surface area contributed by atoms with Crippen LogP contribution in [0.25, 0.3) is 0 Å². The third-order valence-electron chi connectivity index (χ3n) is 5.86. The van der Waals surface area contributed by atoms with Crippen LogP contribution in [0.4, 0.5) is 14.6 Å². The summed E-state index contributed by atoms with van der Waals surface area (Å²) in [6, 6.07) is 8.88. The van der Waals surface area contributed by atoms with Crippen molar-refractivity contribution in [3.8, 4) is 0 Å². The second kappa shape index (κ2) is 14.3. The smallest absolute Gasteiger partial charge is 0.407 e. The highest BCUT2D eigenvalue weighted by atomic mass is 31.2. The van der Waals surface area contributed by atoms with E-state index in [0.717, 1.165) is 6.20 Å². The molecule has 0 aliphatic carbocycles. The first-order valence-corrected chi connectivity index (χ1v) is 14.7. The van der Waals surface area contributed by atoms with Crippen molar-refractivity contribution in [3.05, 3.63) is 58.6 Å². The summed E-state index contributed by atoms with van der Waals surface area (Å²) in [7, 11) is -3.03. The van der Waals surface area contributed by atoms with Crippen molar-refractivity contribution in [1.82, 2.24) is 14.6 Å². The van der Waals surface area contributed by atoms with Crippen LogP contribution in [0.3, 0.4) is 0 Å². The summed E-state index contributed by atoms with van der Waals surface area (Å²) in [4.78, 5) is 40.9. The van der Waals surface area contributed by atoms with Crippen molar-refractivity contribution in [2.75, 3.05) is 19.0 Å². The molecule has 0 amide bonds. The highest BCUT2D eigenvalue weighted by molar-refractivity contribution is 7.51. The summed E-state index contributed by atoms with van der Waals surface area (Å²) in [6.45, 7) is 5.02. The second-order valence-corrected chi connectivity index (χ2v) is 11.5. The Balaban J connectivity index is 1.72. The lowest BCUT2D eigenvalue weighted by atomic mass is 10.2. The minimum absolute atomic E-state index is 0.0843. The summed E-state index contributed by atoms with van der Waals surface area (Å²) in [5, 5.41) is 5.02. The third-order valence-corrected chi connectivity index (χ3v) is 7.65. The molecular weight excluding hydrogens is 581 g/mol. The number of alkyl halides is 2. The van der Waals surface area contributed by atoms with Gasteiger partial charge < -0.3 is 19.5 Å². The number of carbonyl (C=O) groups is 2. The maximum atomic E-state index is 14.9. The lowest BCUT2D eigenvalue weighted by molar-refractivity contribution is -0.153. The number of esters is 2. The first kappa shape index (κ1) is 33.3. The molecule has 2 aromatic rings. The second-order valence-electron chi connectivity index (χ2n) is 9.80. The van der Waals surface area contributed by atoms with E-state index in [-0.39, 0.29) is 12.4 Å². The van der Waals surface area contributed by atoms with Crippen LogP contribution in [0.2, 0.25) is 0 Å². The summed E-state index contributed by atoms with van der Waals surface area (Å²) < 4.78 is 70.6. The minimum Gasteiger partial charge on any atom is -0.462 e. The zero-order valence-corrected chi connectivity index (χ0v) is 24.7. The lowest BCUT2D eigenvalue weighted by Gasteiger charge is -2.26. The zero-order chi connectivity index (χ0) is 31.1. The van der Waals surface area contributed by atoms with Gasteiger partial charge in [0.15, 0.2) is 6.10 Å². The summed E-state index contributed by atoms with van der Waals surface area (Å²) in [5.74, 6) is -5.01. The molecule has 0 bridgehead atoms. The lowest BCUT2D eigenvalue weighted by Crippen LogP contribution is -2.37. The van der Waals surface area contributed by atoms with Crippen molar-refractivity contribution in [1.29, 1.82) is 0 Å². The summed E-state index contributed by atoms with van der Waals surface area (Å²) in [6.07, 6.45) is -5.06. The van der Waals surface area contributed by atoms with E-state index < -0.39 is 74.9 Å². The van der Waals surface area contributed by atoms with Crippen LogP contribution in [0.5, 0.6) is 0 Å². The number of benzene rings is 1. The minimum atomic E-state index is -4.55. The molecule has 1 unspecified atom stereocenters. The molecule has 232 valence electrons. The molecule has 2 N–H and O–H groups in total. The Kier molecular flexibility index (Phi) is 11.3. The molecule has 13 nitrogen and oxygen atoms in total. The predicted molar refractivity (Wildman–Crippen MR) is 146 cm³/mol. The fourth-order valence-corrected chi connectivity index (χ4v) is 5.47. The maximum absolute atomic E-state index is 14.9. The van der Waals surface area contributed by atoms with E-state index >= 15 is 0 Å². The molecule has 3 rings (SSSR count). The van der Waals surface area contributed by atoms with E-state index in [0.29, 0.717) is 10.1 Å². The van der Waals surface area contributed by atoms with Gasteiger partial charge in [0, 0.05) is 19.7 Å². The normalized spacial score (nSPS) is 20.9. The first-order valence-electron chi connectivity index (χ1n) is 13.1. The molecule has 1 aliphatic heterocycles. The number of carbonyl (C=O) groups excluding carboxylic acids is 2. The van der Waals surface area contributed by atoms with Crippen LogP contribution < -0.4 is 16.1 Å². The van der Waals surface area contributed by atoms with Crippen LogP contribution in [-0.2, 0) is 44.0 Å². The Morgan fingerprint density at radius 3 is 2.48 bits per heavy atom. The van der Waals surface area contributed by atoms with Gasteiger partial charge in [-0.2, -0.15) is 4.98 Å². The van der Waals surface area contributed by atoms with Crippen LogP contribution in [-0.4, -0.2) is 65.4 Å². The van der Waals surface area contributed by atoms with Gasteiger partial charge in [-0.15, -0.1) is 0 Å². The predicted octanol–water partition coefficient (Wildman–Crippen LogP) is 3.41. The zero-order valence-electron chi connectivity index (χ0n) is 23.8. The van der Waals surface area contributed by atoms with Gasteiger partial charge in [0.2, 0.25) is 6.23 Å². The van der Waals surface area contributed by atoms with E-state index in [1.165, 1.54) is 27.0 Å². The SMILES string of the molecule is CNc1ccn([C@@H]2O[C@H](COP(=O)(N[C@@H](C)C(=O)OC(C)C)O[C@@H](C)C(=O)OCc3ccccc3)CC2(F)F)c(=O)n1. The average Bonchev–Trinajstić information content (AvgIpc) is 3.24. The number of anilines is 1. The fraction of sp³-hybridized carbons (Fsp3) is 0.538. The Morgan fingerprint density at radius 1 is 1.17 bits per heavy atom. The monoisotopic (exact) mass is 616 g/mol. The van der Waals surface area contributed by atoms with Crippen LogP contribution in [0.15, 0.2) is 47.4 Å². The topological polar surface area (TPSA) is 156 Å². The maximum Gasteiger partial charge on any atom is 0.407 e. The Bertz CT molecular complexity index is 1330. The van der Waals surface area contributed by atoms with Gasteiger partial charge in [0.1, 0.15) is 18.5 Å². The molecule has 0 radical (unpaired) electrons. The third kappa shape index (κ3) is 9.13. The molecule has 1 aromatic heterocycles. The van der Waals surface area contributed by atoms with E-state index in [1.54, 1.807) is 44.2 Å². The van der Waals surface area contributed by atoms with E-state index in [4.69, 9.17) is 23.3 Å². The summed E-state index contributed by atoms with van der Waals surface area (Å²) in [5.41, 5.74) is -0.270. The number of nitrogens with one attached hydrogen (secondary N) is 2. The Labute approximate surface area is 241 Å². The van der Waals surface area contributed by atoms with Gasteiger partial charge in [-0.05, 0) is 39.3 Å². The van der Waals surface area contributed by atoms with Crippen molar-refractivity contribution < 1.29 is 46.2 Å². The van der Waals surface area contributed by atoms with E-state index in [2.05, 4.69) is 15.4 Å². The molecule has 1 saturated heterocycles. The summed E-state index contributed by atoms with van der Waals surface area (Å²) >= 11 is 0. The van der Waals surface area contributed by atoms with Crippen molar-refractivity contribution >= 4 is 25.5 Å². The van der Waals surface area contributed by atoms with Crippen LogP contribution >= 0.6 is 7.75 Å². The Hall–Kier alpha value is -3.23. The van der Waals surface area contributed by atoms with Gasteiger partial charge in [-0.1, -0.05) is 30.3 Å². The van der Waals surface area contributed by atoms with Crippen molar-refractivity contribution in [3.63, 3.8) is 0 Å². The van der Waals surface area contributed by atoms with Crippen LogP contribution in [0, 0.1) is 0 Å². The number of rotatable bonds is 14. The van der Waals surface area contributed by atoms with Gasteiger partial charge >= 0.3 is 25.4 Å². The van der Waals surface area contributed by atoms with E-state index in [1.807, 2.05) is 0 Å². The molecule has 16 heteroatoms. The quantitative estimate of drug-likeness (QED) is 0.236. The van der Waals surface area contributed by atoms with Gasteiger partial charge in [0.25, 0.3) is 5.92 Å².